The Morgan fingerprint density at radius 3 is 2.47 bits per heavy atom. The van der Waals surface area contributed by atoms with Crippen molar-refractivity contribution in [2.24, 2.45) is 0 Å². The van der Waals surface area contributed by atoms with Crippen LogP contribution in [0.5, 0.6) is 0 Å². The van der Waals surface area contributed by atoms with E-state index < -0.39 is 0 Å². The third-order valence-corrected chi connectivity index (χ3v) is 2.43. The summed E-state index contributed by atoms with van der Waals surface area (Å²) >= 11 is 5.79. The Morgan fingerprint density at radius 1 is 1.07 bits per heavy atom. The van der Waals surface area contributed by atoms with Crippen molar-refractivity contribution in [3.63, 3.8) is 0 Å². The molecule has 1 rings (SSSR count). The van der Waals surface area contributed by atoms with Gasteiger partial charge in [0.15, 0.2) is 0 Å². The summed E-state index contributed by atoms with van der Waals surface area (Å²) in [6.45, 7) is 5.26. The van der Waals surface area contributed by atoms with Gasteiger partial charge in [0.1, 0.15) is 0 Å². The van der Waals surface area contributed by atoms with E-state index in [2.05, 4.69) is 17.6 Å². The van der Waals surface area contributed by atoms with Crippen LogP contribution in [0.25, 0.3) is 0 Å². The Balaban J connectivity index is 2.07. The van der Waals surface area contributed by atoms with Gasteiger partial charge in [-0.1, -0.05) is 24.9 Å². The van der Waals surface area contributed by atoms with Gasteiger partial charge in [0, 0.05) is 23.8 Å². The number of unbranched alkanes of at least 4 members (excludes halogenated alkanes) is 1. The van der Waals surface area contributed by atoms with Crippen LogP contribution in [0.2, 0.25) is 5.02 Å². The topological polar surface area (TPSA) is 24.1 Å². The molecule has 15 heavy (non-hydrogen) atoms. The summed E-state index contributed by atoms with van der Waals surface area (Å²) in [5.41, 5.74) is 1.12. The summed E-state index contributed by atoms with van der Waals surface area (Å²) < 4.78 is 0. The fourth-order valence-corrected chi connectivity index (χ4v) is 1.42. The number of nitrogens with one attached hydrogen (secondary N) is 2. The van der Waals surface area contributed by atoms with Gasteiger partial charge in [0.25, 0.3) is 0 Å². The van der Waals surface area contributed by atoms with E-state index in [1.165, 1.54) is 12.8 Å². The van der Waals surface area contributed by atoms with E-state index >= 15 is 0 Å². The fraction of sp³-hybridized carbons (Fsp3) is 0.500. The molecule has 0 unspecified atom stereocenters. The molecule has 0 aliphatic rings. The van der Waals surface area contributed by atoms with Crippen molar-refractivity contribution in [2.45, 2.75) is 19.8 Å². The summed E-state index contributed by atoms with van der Waals surface area (Å²) in [5.74, 6) is 0. The number of hydrogen-bond donors (Lipinski definition) is 2. The van der Waals surface area contributed by atoms with Crippen LogP contribution in [0.4, 0.5) is 5.69 Å². The molecule has 0 bridgehead atoms. The van der Waals surface area contributed by atoms with Crippen molar-refractivity contribution < 1.29 is 0 Å². The molecule has 0 aliphatic heterocycles. The van der Waals surface area contributed by atoms with Crippen molar-refractivity contribution in [3.8, 4) is 0 Å². The van der Waals surface area contributed by atoms with Crippen LogP contribution in [-0.4, -0.2) is 19.6 Å². The highest BCUT2D eigenvalue weighted by atomic mass is 35.5. The molecule has 0 aliphatic carbocycles. The lowest BCUT2D eigenvalue weighted by atomic mass is 10.3. The first-order valence-electron chi connectivity index (χ1n) is 5.53. The largest absolute Gasteiger partial charge is 0.384 e. The molecule has 1 aromatic carbocycles. The lowest BCUT2D eigenvalue weighted by molar-refractivity contribution is 0.652. The van der Waals surface area contributed by atoms with Crippen molar-refractivity contribution in [1.82, 2.24) is 5.32 Å². The van der Waals surface area contributed by atoms with Gasteiger partial charge in [-0.05, 0) is 37.2 Å². The Bertz CT molecular complexity index is 259. The predicted octanol–water partition coefficient (Wildman–Crippen LogP) is 3.14. The monoisotopic (exact) mass is 226 g/mol. The highest BCUT2D eigenvalue weighted by Crippen LogP contribution is 2.12. The minimum atomic E-state index is 0.779. The summed E-state index contributed by atoms with van der Waals surface area (Å²) in [5, 5.41) is 7.49. The molecule has 84 valence electrons. The zero-order valence-corrected chi connectivity index (χ0v) is 9.98. The van der Waals surface area contributed by atoms with Crippen LogP contribution in [0, 0.1) is 0 Å². The number of anilines is 1. The van der Waals surface area contributed by atoms with E-state index in [1.54, 1.807) is 0 Å². The quantitative estimate of drug-likeness (QED) is 0.698. The molecule has 0 atom stereocenters. The average molecular weight is 227 g/mol. The van der Waals surface area contributed by atoms with Crippen LogP contribution in [0.1, 0.15) is 19.8 Å². The van der Waals surface area contributed by atoms with Gasteiger partial charge in [-0.3, -0.25) is 0 Å². The normalized spacial score (nSPS) is 10.3. The molecule has 0 fully saturated rings. The van der Waals surface area contributed by atoms with E-state index in [-0.39, 0.29) is 0 Å². The first kappa shape index (κ1) is 12.3. The second-order valence-electron chi connectivity index (χ2n) is 3.54. The molecule has 0 aromatic heterocycles. The maximum absolute atomic E-state index is 5.79. The third kappa shape index (κ3) is 5.65. The molecule has 0 spiro atoms. The molecule has 1 aromatic rings. The molecule has 0 saturated carbocycles. The molecule has 0 saturated heterocycles. The molecule has 3 heteroatoms. The van der Waals surface area contributed by atoms with Crippen molar-refractivity contribution in [2.75, 3.05) is 25.0 Å². The summed E-state index contributed by atoms with van der Waals surface area (Å²) in [6, 6.07) is 7.78. The average Bonchev–Trinajstić information content (AvgIpc) is 2.26. The van der Waals surface area contributed by atoms with Crippen molar-refractivity contribution >= 4 is 17.3 Å². The van der Waals surface area contributed by atoms with Crippen molar-refractivity contribution in [1.29, 1.82) is 0 Å². The Labute approximate surface area is 97.0 Å². The molecule has 2 nitrogen and oxygen atoms in total. The van der Waals surface area contributed by atoms with E-state index in [1.807, 2.05) is 24.3 Å². The van der Waals surface area contributed by atoms with Crippen LogP contribution in [0.3, 0.4) is 0 Å². The number of halogens is 1. The second kappa shape index (κ2) is 7.55. The summed E-state index contributed by atoms with van der Waals surface area (Å²) in [6.07, 6.45) is 2.50. The van der Waals surface area contributed by atoms with E-state index in [0.29, 0.717) is 0 Å². The molecule has 0 heterocycles. The van der Waals surface area contributed by atoms with Gasteiger partial charge in [-0.25, -0.2) is 0 Å². The molecule has 2 N–H and O–H groups in total. The van der Waals surface area contributed by atoms with Gasteiger partial charge in [-0.2, -0.15) is 0 Å². The molecule has 0 radical (unpaired) electrons. The predicted molar refractivity (Wildman–Crippen MR) is 67.7 cm³/mol. The van der Waals surface area contributed by atoms with E-state index in [0.717, 1.165) is 30.3 Å². The lowest BCUT2D eigenvalue weighted by Gasteiger charge is -2.07. The van der Waals surface area contributed by atoms with Crippen molar-refractivity contribution in [3.05, 3.63) is 29.3 Å². The smallest absolute Gasteiger partial charge is 0.0407 e. The van der Waals surface area contributed by atoms with Gasteiger partial charge >= 0.3 is 0 Å². The zero-order chi connectivity index (χ0) is 10.9. The SMILES string of the molecule is CCCCNCCNc1ccc(Cl)cc1. The van der Waals surface area contributed by atoms with E-state index in [4.69, 9.17) is 11.6 Å². The first-order chi connectivity index (χ1) is 7.33. The first-order valence-corrected chi connectivity index (χ1v) is 5.91. The number of hydrogen-bond acceptors (Lipinski definition) is 2. The molecular weight excluding hydrogens is 208 g/mol. The maximum Gasteiger partial charge on any atom is 0.0407 e. The summed E-state index contributed by atoms with van der Waals surface area (Å²) in [7, 11) is 0. The second-order valence-corrected chi connectivity index (χ2v) is 3.97. The molecular formula is C12H19ClN2. The standard InChI is InChI=1S/C12H19ClN2/c1-2-3-8-14-9-10-15-12-6-4-11(13)5-7-12/h4-7,14-15H,2-3,8-10H2,1H3. The van der Waals surface area contributed by atoms with E-state index in [9.17, 15) is 0 Å². The Hall–Kier alpha value is -0.730. The van der Waals surface area contributed by atoms with Crippen LogP contribution in [0.15, 0.2) is 24.3 Å². The van der Waals surface area contributed by atoms with Crippen LogP contribution < -0.4 is 10.6 Å². The lowest BCUT2D eigenvalue weighted by Crippen LogP contribution is -2.22. The van der Waals surface area contributed by atoms with Crippen LogP contribution >= 0.6 is 11.6 Å². The number of benzene rings is 1. The van der Waals surface area contributed by atoms with Gasteiger partial charge < -0.3 is 10.6 Å². The highest BCUT2D eigenvalue weighted by molar-refractivity contribution is 6.30. The fourth-order valence-electron chi connectivity index (χ4n) is 1.29. The Morgan fingerprint density at radius 2 is 1.80 bits per heavy atom. The maximum atomic E-state index is 5.79. The minimum absolute atomic E-state index is 0.779. The van der Waals surface area contributed by atoms with Gasteiger partial charge in [-0.15, -0.1) is 0 Å². The molecule has 0 amide bonds. The minimum Gasteiger partial charge on any atom is -0.384 e. The zero-order valence-electron chi connectivity index (χ0n) is 9.22. The highest BCUT2D eigenvalue weighted by Gasteiger charge is 1.91. The number of rotatable bonds is 7. The Kier molecular flexibility index (Phi) is 6.21. The van der Waals surface area contributed by atoms with Gasteiger partial charge in [0.2, 0.25) is 0 Å². The summed E-state index contributed by atoms with van der Waals surface area (Å²) in [4.78, 5) is 0. The van der Waals surface area contributed by atoms with Crippen LogP contribution in [-0.2, 0) is 0 Å². The van der Waals surface area contributed by atoms with Gasteiger partial charge in [0.05, 0.1) is 0 Å². The third-order valence-electron chi connectivity index (χ3n) is 2.18.